The van der Waals surface area contributed by atoms with Gasteiger partial charge in [-0.15, -0.1) is 0 Å². The normalized spacial score (nSPS) is 11.1. The van der Waals surface area contributed by atoms with Crippen LogP contribution in [-0.4, -0.2) is 36.3 Å². The Hall–Kier alpha value is -4.08. The van der Waals surface area contributed by atoms with Crippen molar-refractivity contribution >= 4 is 17.0 Å². The van der Waals surface area contributed by atoms with E-state index in [0.29, 0.717) is 39.9 Å². The van der Waals surface area contributed by atoms with E-state index in [2.05, 4.69) is 20.2 Å². The third kappa shape index (κ3) is 4.95. The third-order valence-corrected chi connectivity index (χ3v) is 5.15. The number of hydrogen-bond donors (Lipinski definition) is 1. The number of alkyl halides is 2. The van der Waals surface area contributed by atoms with E-state index in [1.165, 1.54) is 31.4 Å². The number of methoxy groups -OCH3 is 1. The van der Waals surface area contributed by atoms with Gasteiger partial charge in [0.1, 0.15) is 5.82 Å². The van der Waals surface area contributed by atoms with Gasteiger partial charge in [-0.2, -0.15) is 8.78 Å². The average molecular weight is 471 g/mol. The molecule has 0 aliphatic heterocycles. The second-order valence-electron chi connectivity index (χ2n) is 7.38. The Kier molecular flexibility index (Phi) is 6.67. The molecule has 2 aromatic heterocycles. The molecule has 0 saturated heterocycles. The standard InChI is InChI=1S/C24H20F3N3O4/c1-13-21-17(12-18(29-23(21)34-30-13)15-4-6-16(25)7-5-15)22(31)28-10-9-14-3-8-19(32-2)20(11-14)33-24(26)27/h3-8,11-12,24H,9-10H2,1-2H3,(H,28,31). The highest BCUT2D eigenvalue weighted by Crippen LogP contribution is 2.30. The fourth-order valence-corrected chi connectivity index (χ4v) is 3.52. The van der Waals surface area contributed by atoms with Crippen molar-refractivity contribution in [2.75, 3.05) is 13.7 Å². The van der Waals surface area contributed by atoms with E-state index in [-0.39, 0.29) is 35.5 Å². The zero-order chi connectivity index (χ0) is 24.2. The molecule has 0 fully saturated rings. The number of nitrogens with one attached hydrogen (secondary N) is 1. The fraction of sp³-hybridized carbons (Fsp3) is 0.208. The molecule has 0 aliphatic carbocycles. The van der Waals surface area contributed by atoms with Crippen LogP contribution in [0.5, 0.6) is 11.5 Å². The SMILES string of the molecule is COc1ccc(CCNC(=O)c2cc(-c3ccc(F)cc3)nc3onc(C)c23)cc1OC(F)F. The quantitative estimate of drug-likeness (QED) is 0.393. The molecular formula is C24H20F3N3O4. The Balaban J connectivity index is 1.54. The number of carbonyl (C=O) groups excluding carboxylic acids is 1. The molecule has 10 heteroatoms. The van der Waals surface area contributed by atoms with E-state index in [9.17, 15) is 18.0 Å². The fourth-order valence-electron chi connectivity index (χ4n) is 3.52. The molecule has 7 nitrogen and oxygen atoms in total. The minimum atomic E-state index is -2.99. The van der Waals surface area contributed by atoms with E-state index in [1.807, 2.05) is 0 Å². The van der Waals surface area contributed by atoms with E-state index in [0.717, 1.165) is 0 Å². The molecule has 0 radical (unpaired) electrons. The van der Waals surface area contributed by atoms with E-state index in [1.54, 1.807) is 31.2 Å². The van der Waals surface area contributed by atoms with Gasteiger partial charge in [0.2, 0.25) is 0 Å². The number of hydrogen-bond acceptors (Lipinski definition) is 6. The number of pyridine rings is 1. The molecule has 0 spiro atoms. The molecule has 1 amide bonds. The third-order valence-electron chi connectivity index (χ3n) is 5.15. The number of nitrogens with zero attached hydrogens (tertiary/aromatic N) is 2. The summed E-state index contributed by atoms with van der Waals surface area (Å²) in [6.07, 6.45) is 0.358. The summed E-state index contributed by atoms with van der Waals surface area (Å²) in [5.74, 6) is -0.678. The first-order valence-electron chi connectivity index (χ1n) is 10.3. The molecule has 2 heterocycles. The van der Waals surface area contributed by atoms with Crippen LogP contribution in [0.15, 0.2) is 53.1 Å². The first-order chi connectivity index (χ1) is 16.4. The van der Waals surface area contributed by atoms with Crippen molar-refractivity contribution in [3.63, 3.8) is 0 Å². The van der Waals surface area contributed by atoms with Gasteiger partial charge in [0.05, 0.1) is 29.4 Å². The largest absolute Gasteiger partial charge is 0.493 e. The molecule has 176 valence electrons. The summed E-state index contributed by atoms with van der Waals surface area (Å²) in [5, 5.41) is 7.19. The van der Waals surface area contributed by atoms with Crippen molar-refractivity contribution in [2.45, 2.75) is 20.0 Å². The highest BCUT2D eigenvalue weighted by molar-refractivity contribution is 6.07. The van der Waals surface area contributed by atoms with Crippen LogP contribution in [-0.2, 0) is 6.42 Å². The van der Waals surface area contributed by atoms with Crippen molar-refractivity contribution in [3.05, 3.63) is 71.2 Å². The number of benzene rings is 2. The smallest absolute Gasteiger partial charge is 0.387 e. The van der Waals surface area contributed by atoms with Gasteiger partial charge >= 0.3 is 6.61 Å². The summed E-state index contributed by atoms with van der Waals surface area (Å²) in [4.78, 5) is 17.4. The molecule has 0 saturated carbocycles. The number of rotatable bonds is 8. The summed E-state index contributed by atoms with van der Waals surface area (Å²) in [6.45, 7) is -1.07. The molecule has 34 heavy (non-hydrogen) atoms. The molecule has 2 aromatic carbocycles. The summed E-state index contributed by atoms with van der Waals surface area (Å²) in [7, 11) is 1.36. The number of aryl methyl sites for hydroxylation is 1. The summed E-state index contributed by atoms with van der Waals surface area (Å²) in [6, 6.07) is 12.0. The van der Waals surface area contributed by atoms with Gasteiger partial charge in [-0.05, 0) is 61.4 Å². The van der Waals surface area contributed by atoms with Crippen molar-refractivity contribution < 1.29 is 32.0 Å². The summed E-state index contributed by atoms with van der Waals surface area (Å²) in [5.41, 5.74) is 2.70. The predicted octanol–water partition coefficient (Wildman–Crippen LogP) is 4.92. The topological polar surface area (TPSA) is 86.5 Å². The van der Waals surface area contributed by atoms with Gasteiger partial charge in [-0.3, -0.25) is 4.79 Å². The van der Waals surface area contributed by atoms with Crippen molar-refractivity contribution in [2.24, 2.45) is 0 Å². The zero-order valence-corrected chi connectivity index (χ0v) is 18.3. The lowest BCUT2D eigenvalue weighted by atomic mass is 10.0. The number of aromatic nitrogens is 2. The monoisotopic (exact) mass is 471 g/mol. The van der Waals surface area contributed by atoms with E-state index >= 15 is 0 Å². The Labute approximate surface area is 192 Å². The number of ether oxygens (including phenoxy) is 2. The van der Waals surface area contributed by atoms with Gasteiger partial charge in [0.25, 0.3) is 11.6 Å². The second kappa shape index (κ2) is 9.82. The minimum Gasteiger partial charge on any atom is -0.493 e. The van der Waals surface area contributed by atoms with Crippen LogP contribution in [0.4, 0.5) is 13.2 Å². The van der Waals surface area contributed by atoms with Crippen LogP contribution in [0.1, 0.15) is 21.6 Å². The van der Waals surface area contributed by atoms with Crippen molar-refractivity contribution in [3.8, 4) is 22.8 Å². The Morgan fingerprint density at radius 1 is 1.12 bits per heavy atom. The molecule has 0 bridgehead atoms. The Morgan fingerprint density at radius 2 is 1.88 bits per heavy atom. The highest BCUT2D eigenvalue weighted by atomic mass is 19.3. The molecule has 1 N–H and O–H groups in total. The highest BCUT2D eigenvalue weighted by Gasteiger charge is 2.19. The number of fused-ring (bicyclic) bond motifs is 1. The van der Waals surface area contributed by atoms with Crippen LogP contribution in [0.25, 0.3) is 22.4 Å². The van der Waals surface area contributed by atoms with Crippen LogP contribution in [0.3, 0.4) is 0 Å². The number of halogens is 3. The maximum Gasteiger partial charge on any atom is 0.387 e. The molecule has 0 atom stereocenters. The molecule has 4 aromatic rings. The van der Waals surface area contributed by atoms with E-state index in [4.69, 9.17) is 9.26 Å². The first kappa shape index (κ1) is 23.1. The second-order valence-corrected chi connectivity index (χ2v) is 7.38. The van der Waals surface area contributed by atoms with E-state index < -0.39 is 6.61 Å². The number of amides is 1. The van der Waals surface area contributed by atoms with Gasteiger partial charge < -0.3 is 19.3 Å². The van der Waals surface area contributed by atoms with Crippen LogP contribution >= 0.6 is 0 Å². The van der Waals surface area contributed by atoms with Crippen molar-refractivity contribution in [1.82, 2.24) is 15.5 Å². The van der Waals surface area contributed by atoms with Crippen molar-refractivity contribution in [1.29, 1.82) is 0 Å². The first-order valence-corrected chi connectivity index (χ1v) is 10.3. The molecule has 4 rings (SSSR count). The van der Waals surface area contributed by atoms with Gasteiger partial charge in [0, 0.05) is 12.1 Å². The Bertz CT molecular complexity index is 1320. The summed E-state index contributed by atoms with van der Waals surface area (Å²) < 4.78 is 53.4. The lowest BCUT2D eigenvalue weighted by Gasteiger charge is -2.12. The lowest BCUT2D eigenvalue weighted by molar-refractivity contribution is -0.0512. The maximum absolute atomic E-state index is 13.3. The molecule has 0 aliphatic rings. The maximum atomic E-state index is 13.3. The number of carbonyl (C=O) groups is 1. The lowest BCUT2D eigenvalue weighted by Crippen LogP contribution is -2.26. The zero-order valence-electron chi connectivity index (χ0n) is 18.3. The van der Waals surface area contributed by atoms with Gasteiger partial charge in [0.15, 0.2) is 11.5 Å². The van der Waals surface area contributed by atoms with Crippen LogP contribution in [0.2, 0.25) is 0 Å². The Morgan fingerprint density at radius 3 is 2.59 bits per heavy atom. The molecule has 0 unspecified atom stereocenters. The predicted molar refractivity (Wildman–Crippen MR) is 118 cm³/mol. The average Bonchev–Trinajstić information content (AvgIpc) is 3.19. The molecular weight excluding hydrogens is 451 g/mol. The minimum absolute atomic E-state index is 0.0822. The van der Waals surface area contributed by atoms with Gasteiger partial charge in [-0.1, -0.05) is 11.2 Å². The van der Waals surface area contributed by atoms with Gasteiger partial charge in [-0.25, -0.2) is 9.37 Å². The van der Waals surface area contributed by atoms with Crippen LogP contribution < -0.4 is 14.8 Å². The van der Waals surface area contributed by atoms with Crippen LogP contribution in [0, 0.1) is 12.7 Å². The summed E-state index contributed by atoms with van der Waals surface area (Å²) >= 11 is 0.